The minimum Gasteiger partial charge on any atom is -0.382 e. The van der Waals surface area contributed by atoms with Crippen LogP contribution in [0.2, 0.25) is 0 Å². The second-order valence-corrected chi connectivity index (χ2v) is 3.85. The van der Waals surface area contributed by atoms with E-state index >= 15 is 0 Å². The highest BCUT2D eigenvalue weighted by Crippen LogP contribution is 2.01. The summed E-state index contributed by atoms with van der Waals surface area (Å²) in [6.45, 7) is 1.20. The van der Waals surface area contributed by atoms with Gasteiger partial charge in [-0.15, -0.1) is 0 Å². The summed E-state index contributed by atoms with van der Waals surface area (Å²) in [5.41, 5.74) is 5.42. The van der Waals surface area contributed by atoms with Crippen LogP contribution in [0.15, 0.2) is 0 Å². The van der Waals surface area contributed by atoms with Crippen LogP contribution < -0.4 is 5.73 Å². The molecule has 0 aromatic rings. The molecule has 0 radical (unpaired) electrons. The Kier molecular flexibility index (Phi) is 7.10. The molecule has 0 amide bonds. The lowest BCUT2D eigenvalue weighted by atomic mass is 10.2. The highest BCUT2D eigenvalue weighted by molar-refractivity contribution is 7.98. The average molecular weight is 237 g/mol. The van der Waals surface area contributed by atoms with Crippen LogP contribution in [0.1, 0.15) is 13.3 Å². The number of thioether (sulfide) groups is 1. The van der Waals surface area contributed by atoms with Crippen LogP contribution in [0.4, 0.5) is 0 Å². The zero-order valence-electron chi connectivity index (χ0n) is 8.63. The summed E-state index contributed by atoms with van der Waals surface area (Å²) in [5, 5.41) is 8.71. The number of carbonyl (C=O) groups excluding carboxylic acids is 2. The molecule has 0 aliphatic carbocycles. The van der Waals surface area contributed by atoms with Gasteiger partial charge in [-0.3, -0.25) is 0 Å². The predicted molar refractivity (Wildman–Crippen MR) is 54.8 cm³/mol. The van der Waals surface area contributed by atoms with Crippen LogP contribution in [0, 0.1) is 0 Å². The Morgan fingerprint density at radius 1 is 1.40 bits per heavy atom. The van der Waals surface area contributed by atoms with Crippen molar-refractivity contribution >= 4 is 23.7 Å². The van der Waals surface area contributed by atoms with Crippen LogP contribution in [-0.2, 0) is 19.4 Å². The van der Waals surface area contributed by atoms with Crippen LogP contribution in [0.3, 0.4) is 0 Å². The van der Waals surface area contributed by atoms with Crippen molar-refractivity contribution in [2.45, 2.75) is 25.5 Å². The molecular formula is C8H15NO5S. The van der Waals surface area contributed by atoms with Gasteiger partial charge in [0.15, 0.2) is 6.10 Å². The van der Waals surface area contributed by atoms with Gasteiger partial charge in [-0.05, 0) is 25.4 Å². The second kappa shape index (κ2) is 7.49. The fourth-order valence-electron chi connectivity index (χ4n) is 0.576. The largest absolute Gasteiger partial charge is 0.383 e. The summed E-state index contributed by atoms with van der Waals surface area (Å²) in [6.07, 6.45) is 0.984. The van der Waals surface area contributed by atoms with Gasteiger partial charge in [-0.25, -0.2) is 19.4 Å². The molecule has 6 nitrogen and oxygen atoms in total. The van der Waals surface area contributed by atoms with Gasteiger partial charge >= 0.3 is 11.9 Å². The van der Waals surface area contributed by atoms with E-state index in [-0.39, 0.29) is 0 Å². The zero-order chi connectivity index (χ0) is 11.8. The number of nitrogens with two attached hydrogens (primary N) is 1. The van der Waals surface area contributed by atoms with E-state index in [4.69, 9.17) is 10.8 Å². The maximum Gasteiger partial charge on any atom is 0.383 e. The van der Waals surface area contributed by atoms with Crippen molar-refractivity contribution in [1.29, 1.82) is 0 Å². The summed E-state index contributed by atoms with van der Waals surface area (Å²) in [7, 11) is 0. The molecule has 0 bridgehead atoms. The summed E-state index contributed by atoms with van der Waals surface area (Å²) >= 11 is 1.54. The van der Waals surface area contributed by atoms with Crippen LogP contribution >= 0.6 is 11.8 Å². The van der Waals surface area contributed by atoms with Crippen molar-refractivity contribution in [2.24, 2.45) is 5.73 Å². The summed E-state index contributed by atoms with van der Waals surface area (Å²) in [4.78, 5) is 29.9. The first-order chi connectivity index (χ1) is 6.99. The molecule has 15 heavy (non-hydrogen) atoms. The van der Waals surface area contributed by atoms with E-state index in [1.807, 2.05) is 6.26 Å². The number of carbonyl (C=O) groups is 2. The lowest BCUT2D eigenvalue weighted by Crippen LogP contribution is -2.34. The number of hydrogen-bond acceptors (Lipinski definition) is 7. The molecule has 88 valence electrons. The van der Waals surface area contributed by atoms with E-state index in [1.54, 1.807) is 11.8 Å². The maximum absolute atomic E-state index is 11.1. The standard InChI is InChI=1S/C8H15NO5S/c1-5(10)7(11)13-14-8(12)6(9)3-4-15-2/h5-6,10H,3-4,9H2,1-2H3. The Labute approximate surface area is 92.0 Å². The van der Waals surface area contributed by atoms with E-state index in [1.165, 1.54) is 6.92 Å². The molecule has 0 heterocycles. The molecular weight excluding hydrogens is 222 g/mol. The highest BCUT2D eigenvalue weighted by Gasteiger charge is 2.19. The molecule has 0 aromatic heterocycles. The first-order valence-corrected chi connectivity index (χ1v) is 5.73. The smallest absolute Gasteiger partial charge is 0.382 e. The third-order valence-electron chi connectivity index (χ3n) is 1.48. The third-order valence-corrected chi connectivity index (χ3v) is 2.13. The van der Waals surface area contributed by atoms with Gasteiger partial charge in [0.1, 0.15) is 6.04 Å². The fourth-order valence-corrected chi connectivity index (χ4v) is 1.07. The summed E-state index contributed by atoms with van der Waals surface area (Å²) < 4.78 is 0. The summed E-state index contributed by atoms with van der Waals surface area (Å²) in [6, 6.07) is -0.820. The van der Waals surface area contributed by atoms with E-state index in [0.29, 0.717) is 12.2 Å². The molecule has 0 aliphatic rings. The summed E-state index contributed by atoms with van der Waals surface area (Å²) in [5.74, 6) is -1.14. The van der Waals surface area contributed by atoms with Gasteiger partial charge in [0.25, 0.3) is 0 Å². The second-order valence-electron chi connectivity index (χ2n) is 2.87. The minimum absolute atomic E-state index is 0.437. The van der Waals surface area contributed by atoms with E-state index < -0.39 is 24.1 Å². The van der Waals surface area contributed by atoms with Crippen molar-refractivity contribution in [2.75, 3.05) is 12.0 Å². The number of aliphatic hydroxyl groups excluding tert-OH is 1. The molecule has 0 saturated heterocycles. The molecule has 0 saturated carbocycles. The lowest BCUT2D eigenvalue weighted by Gasteiger charge is -2.09. The quantitative estimate of drug-likeness (QED) is 0.489. The number of hydrogen-bond donors (Lipinski definition) is 2. The van der Waals surface area contributed by atoms with E-state index in [0.717, 1.165) is 0 Å². The molecule has 0 aromatic carbocycles. The van der Waals surface area contributed by atoms with Gasteiger partial charge in [-0.1, -0.05) is 0 Å². The van der Waals surface area contributed by atoms with Gasteiger partial charge in [-0.2, -0.15) is 11.8 Å². The van der Waals surface area contributed by atoms with E-state index in [2.05, 4.69) is 9.78 Å². The zero-order valence-corrected chi connectivity index (χ0v) is 9.45. The van der Waals surface area contributed by atoms with Crippen molar-refractivity contribution in [3.63, 3.8) is 0 Å². The predicted octanol–water partition coefficient (Wildman–Crippen LogP) is -0.551. The van der Waals surface area contributed by atoms with Gasteiger partial charge < -0.3 is 10.8 Å². The van der Waals surface area contributed by atoms with E-state index in [9.17, 15) is 9.59 Å². The van der Waals surface area contributed by atoms with Crippen molar-refractivity contribution in [3.05, 3.63) is 0 Å². The molecule has 0 spiro atoms. The first kappa shape index (κ1) is 14.2. The van der Waals surface area contributed by atoms with Gasteiger partial charge in [0, 0.05) is 0 Å². The topological polar surface area (TPSA) is 98.9 Å². The minimum atomic E-state index is -1.33. The molecule has 3 N–H and O–H groups in total. The van der Waals surface area contributed by atoms with Gasteiger partial charge in [0.05, 0.1) is 0 Å². The number of aliphatic hydroxyl groups is 1. The fraction of sp³-hybridized carbons (Fsp3) is 0.750. The van der Waals surface area contributed by atoms with Crippen molar-refractivity contribution in [3.8, 4) is 0 Å². The molecule has 0 rings (SSSR count). The Hall–Kier alpha value is -0.790. The van der Waals surface area contributed by atoms with Crippen LogP contribution in [0.5, 0.6) is 0 Å². The molecule has 0 aliphatic heterocycles. The molecule has 2 unspecified atom stereocenters. The Bertz CT molecular complexity index is 221. The van der Waals surface area contributed by atoms with Gasteiger partial charge in [0.2, 0.25) is 0 Å². The maximum atomic E-state index is 11.1. The average Bonchev–Trinajstić information content (AvgIpc) is 2.21. The van der Waals surface area contributed by atoms with Crippen molar-refractivity contribution < 1.29 is 24.5 Å². The molecule has 2 atom stereocenters. The highest BCUT2D eigenvalue weighted by atomic mass is 32.2. The monoisotopic (exact) mass is 237 g/mol. The Balaban J connectivity index is 3.78. The molecule has 7 heteroatoms. The Morgan fingerprint density at radius 3 is 2.40 bits per heavy atom. The van der Waals surface area contributed by atoms with Crippen LogP contribution in [0.25, 0.3) is 0 Å². The Morgan fingerprint density at radius 2 is 1.93 bits per heavy atom. The SMILES string of the molecule is CSCCC(N)C(=O)OOC(=O)C(C)O. The van der Waals surface area contributed by atoms with Crippen molar-refractivity contribution in [1.82, 2.24) is 0 Å². The lowest BCUT2D eigenvalue weighted by molar-refractivity contribution is -0.264. The van der Waals surface area contributed by atoms with Crippen LogP contribution in [-0.4, -0.2) is 41.2 Å². The molecule has 0 fully saturated rings. The number of rotatable bonds is 5. The third kappa shape index (κ3) is 6.32. The normalized spacial score (nSPS) is 14.1. The first-order valence-electron chi connectivity index (χ1n) is 4.33.